The minimum Gasteiger partial charge on any atom is -0.531 e. The minimum atomic E-state index is -0.877. The number of nitrogens with zero attached hydrogens (tertiary/aromatic N) is 2. The first-order chi connectivity index (χ1) is 12.3. The van der Waals surface area contributed by atoms with E-state index in [1.165, 1.54) is 24.2 Å². The lowest BCUT2D eigenvalue weighted by Crippen LogP contribution is -2.32. The van der Waals surface area contributed by atoms with Gasteiger partial charge in [-0.05, 0) is 42.8 Å². The summed E-state index contributed by atoms with van der Waals surface area (Å²) in [6, 6.07) is 2.05. The Kier molecular flexibility index (Phi) is 5.06. The van der Waals surface area contributed by atoms with Gasteiger partial charge in [0.2, 0.25) is 0 Å². The maximum absolute atomic E-state index is 10.1. The molecule has 2 aliphatic rings. The van der Waals surface area contributed by atoms with Gasteiger partial charge in [-0.1, -0.05) is 25.3 Å². The van der Waals surface area contributed by atoms with Crippen molar-refractivity contribution in [1.29, 1.82) is 0 Å². The molecule has 4 heterocycles. The molecule has 25 heavy (non-hydrogen) atoms. The number of nitrogens with one attached hydrogen (secondary N) is 1. The Labute approximate surface area is 153 Å². The monoisotopic (exact) mass is 357 g/mol. The third-order valence-corrected chi connectivity index (χ3v) is 6.28. The summed E-state index contributed by atoms with van der Waals surface area (Å²) >= 11 is 1.99. The van der Waals surface area contributed by atoms with Gasteiger partial charge < -0.3 is 14.7 Å². The number of pyridine rings is 1. The van der Waals surface area contributed by atoms with Crippen LogP contribution in [0.3, 0.4) is 0 Å². The van der Waals surface area contributed by atoms with Gasteiger partial charge >= 0.3 is 7.12 Å². The molecule has 132 valence electrons. The Morgan fingerprint density at radius 2 is 2.28 bits per heavy atom. The third-order valence-electron chi connectivity index (χ3n) is 5.08. The Hall–Kier alpha value is -1.44. The summed E-state index contributed by atoms with van der Waals surface area (Å²) in [7, 11) is -0.877. The molecule has 0 atom stereocenters. The molecular formula is C18H24BN3O2S. The molecule has 0 radical (unpaired) electrons. The topological polar surface area (TPSA) is 61.4 Å². The SMILES string of the molecule is CCCCSN1CCC(C2=CB(O)Oc3cnc4[nH]ccc4c32)CC1. The lowest BCUT2D eigenvalue weighted by molar-refractivity contribution is 0.334. The standard InChI is InChI=1S/C18H24BN3O2S/c1-2-3-10-25-22-8-5-13(6-9-22)15-11-19(23)24-16-12-21-18-14(17(15)16)4-7-20-18/h4,7,11-13,23H,2-3,5-6,8-10H2,1H3,(H,20,21). The molecule has 0 aliphatic carbocycles. The summed E-state index contributed by atoms with van der Waals surface area (Å²) in [4.78, 5) is 7.56. The van der Waals surface area contributed by atoms with Gasteiger partial charge in [0.1, 0.15) is 11.4 Å². The molecule has 0 spiro atoms. The van der Waals surface area contributed by atoms with Gasteiger partial charge in [0, 0.05) is 36.0 Å². The van der Waals surface area contributed by atoms with E-state index >= 15 is 0 Å². The second-order valence-electron chi connectivity index (χ2n) is 6.76. The summed E-state index contributed by atoms with van der Waals surface area (Å²) in [5.74, 6) is 4.26. The fourth-order valence-electron chi connectivity index (χ4n) is 3.75. The maximum Gasteiger partial charge on any atom is 0.552 e. The van der Waals surface area contributed by atoms with Crippen LogP contribution in [0, 0.1) is 5.92 Å². The molecule has 2 N–H and O–H groups in total. The summed E-state index contributed by atoms with van der Waals surface area (Å²) in [6.45, 7) is 4.44. The molecule has 0 unspecified atom stereocenters. The number of aromatic nitrogens is 2. The summed E-state index contributed by atoms with van der Waals surface area (Å²) in [5, 5.41) is 11.2. The number of unbranched alkanes of at least 4 members (excludes halogenated alkanes) is 1. The number of hydrogen-bond acceptors (Lipinski definition) is 5. The quantitative estimate of drug-likeness (QED) is 0.487. The third kappa shape index (κ3) is 3.45. The molecule has 2 aromatic rings. The van der Waals surface area contributed by atoms with Crippen LogP contribution in [0.4, 0.5) is 0 Å². The second kappa shape index (κ2) is 7.44. The van der Waals surface area contributed by atoms with Crippen molar-refractivity contribution in [2.75, 3.05) is 18.8 Å². The van der Waals surface area contributed by atoms with E-state index in [2.05, 4.69) is 21.2 Å². The van der Waals surface area contributed by atoms with E-state index in [9.17, 15) is 5.02 Å². The lowest BCUT2D eigenvalue weighted by Gasteiger charge is -2.34. The predicted octanol–water partition coefficient (Wildman–Crippen LogP) is 3.52. The zero-order valence-electron chi connectivity index (χ0n) is 14.6. The predicted molar refractivity (Wildman–Crippen MR) is 104 cm³/mol. The van der Waals surface area contributed by atoms with Crippen LogP contribution in [-0.2, 0) is 0 Å². The summed E-state index contributed by atoms with van der Waals surface area (Å²) in [5.41, 5.74) is 3.20. The molecule has 0 saturated carbocycles. The Morgan fingerprint density at radius 1 is 1.44 bits per heavy atom. The maximum atomic E-state index is 10.1. The number of aromatic amines is 1. The van der Waals surface area contributed by atoms with Gasteiger partial charge in [0.25, 0.3) is 0 Å². The van der Waals surface area contributed by atoms with E-state index < -0.39 is 7.12 Å². The first-order valence-corrected chi connectivity index (χ1v) is 10.1. The van der Waals surface area contributed by atoms with Crippen molar-refractivity contribution in [2.24, 2.45) is 5.92 Å². The fraction of sp³-hybridized carbons (Fsp3) is 0.500. The van der Waals surface area contributed by atoms with E-state index in [1.54, 1.807) is 6.20 Å². The van der Waals surface area contributed by atoms with Crippen molar-refractivity contribution in [2.45, 2.75) is 32.6 Å². The van der Waals surface area contributed by atoms with Crippen LogP contribution in [-0.4, -0.2) is 45.3 Å². The number of piperidine rings is 1. The van der Waals surface area contributed by atoms with Gasteiger partial charge in [-0.3, -0.25) is 4.31 Å². The van der Waals surface area contributed by atoms with Crippen LogP contribution in [0.25, 0.3) is 16.6 Å². The molecular weight excluding hydrogens is 333 g/mol. The Balaban J connectivity index is 1.54. The van der Waals surface area contributed by atoms with Crippen molar-refractivity contribution >= 4 is 35.7 Å². The average molecular weight is 357 g/mol. The van der Waals surface area contributed by atoms with Crippen LogP contribution in [0.15, 0.2) is 24.4 Å². The number of fused-ring (bicyclic) bond motifs is 3. The molecule has 2 aromatic heterocycles. The number of hydrogen-bond donors (Lipinski definition) is 2. The minimum absolute atomic E-state index is 0.459. The lowest BCUT2D eigenvalue weighted by atomic mass is 9.74. The van der Waals surface area contributed by atoms with Gasteiger partial charge in [0.05, 0.1) is 6.20 Å². The van der Waals surface area contributed by atoms with Gasteiger partial charge in [0.15, 0.2) is 0 Å². The highest BCUT2D eigenvalue weighted by atomic mass is 32.2. The van der Waals surface area contributed by atoms with E-state index in [4.69, 9.17) is 4.65 Å². The average Bonchev–Trinajstić information content (AvgIpc) is 3.10. The van der Waals surface area contributed by atoms with Crippen molar-refractivity contribution in [3.8, 4) is 5.75 Å². The van der Waals surface area contributed by atoms with E-state index in [0.29, 0.717) is 11.7 Å². The van der Waals surface area contributed by atoms with Gasteiger partial charge in [-0.2, -0.15) is 0 Å². The van der Waals surface area contributed by atoms with Crippen LogP contribution in [0.1, 0.15) is 38.2 Å². The Morgan fingerprint density at radius 3 is 3.08 bits per heavy atom. The highest BCUT2D eigenvalue weighted by Gasteiger charge is 2.32. The normalized spacial score (nSPS) is 19.0. The van der Waals surface area contributed by atoms with E-state index in [1.807, 2.05) is 30.2 Å². The highest BCUT2D eigenvalue weighted by molar-refractivity contribution is 7.97. The zero-order chi connectivity index (χ0) is 17.2. The van der Waals surface area contributed by atoms with Crippen molar-refractivity contribution in [3.05, 3.63) is 30.0 Å². The second-order valence-corrected chi connectivity index (χ2v) is 7.94. The van der Waals surface area contributed by atoms with E-state index in [-0.39, 0.29) is 0 Å². The first-order valence-electron chi connectivity index (χ1n) is 9.17. The van der Waals surface area contributed by atoms with Crippen molar-refractivity contribution in [3.63, 3.8) is 0 Å². The van der Waals surface area contributed by atoms with Gasteiger partial charge in [-0.25, -0.2) is 4.98 Å². The fourth-order valence-corrected chi connectivity index (χ4v) is 4.90. The van der Waals surface area contributed by atoms with Crippen LogP contribution < -0.4 is 4.65 Å². The Bertz CT molecular complexity index is 771. The molecule has 7 heteroatoms. The van der Waals surface area contributed by atoms with Crippen LogP contribution in [0.2, 0.25) is 0 Å². The number of allylic oxidation sites excluding steroid dienone is 1. The highest BCUT2D eigenvalue weighted by Crippen LogP contribution is 2.42. The summed E-state index contributed by atoms with van der Waals surface area (Å²) < 4.78 is 8.11. The van der Waals surface area contributed by atoms with Crippen molar-refractivity contribution < 1.29 is 9.68 Å². The molecule has 0 amide bonds. The number of rotatable bonds is 5. The van der Waals surface area contributed by atoms with E-state index in [0.717, 1.165) is 42.5 Å². The molecule has 0 bridgehead atoms. The molecule has 2 aliphatic heterocycles. The van der Waals surface area contributed by atoms with Crippen LogP contribution in [0.5, 0.6) is 5.75 Å². The molecule has 1 saturated heterocycles. The number of H-pyrrole nitrogens is 1. The smallest absolute Gasteiger partial charge is 0.531 e. The molecule has 5 nitrogen and oxygen atoms in total. The summed E-state index contributed by atoms with van der Waals surface area (Å²) in [6.07, 6.45) is 8.40. The molecule has 1 fully saturated rings. The molecule has 4 rings (SSSR count). The van der Waals surface area contributed by atoms with Crippen LogP contribution >= 0.6 is 11.9 Å². The zero-order valence-corrected chi connectivity index (χ0v) is 15.4. The first kappa shape index (κ1) is 17.0. The van der Waals surface area contributed by atoms with Crippen molar-refractivity contribution in [1.82, 2.24) is 14.3 Å². The van der Waals surface area contributed by atoms with Gasteiger partial charge in [-0.15, -0.1) is 0 Å². The molecule has 0 aromatic carbocycles. The largest absolute Gasteiger partial charge is 0.552 e.